The van der Waals surface area contributed by atoms with E-state index >= 15 is 0 Å². The van der Waals surface area contributed by atoms with Gasteiger partial charge in [-0.3, -0.25) is 14.6 Å². The van der Waals surface area contributed by atoms with Gasteiger partial charge in [-0.05, 0) is 11.1 Å². The molecule has 0 fully saturated rings. The van der Waals surface area contributed by atoms with Crippen LogP contribution < -0.4 is 21.7 Å². The summed E-state index contributed by atoms with van der Waals surface area (Å²) < 4.78 is 1.57. The Bertz CT molecular complexity index is 1240. The Morgan fingerprint density at radius 3 is 2.19 bits per heavy atom. The molecule has 1 aliphatic rings. The number of anilines is 1. The molecule has 3 aromatic rings. The van der Waals surface area contributed by atoms with Crippen molar-refractivity contribution in [3.63, 3.8) is 0 Å². The van der Waals surface area contributed by atoms with E-state index in [4.69, 9.17) is 5.73 Å². The molecule has 0 radical (unpaired) electrons. The van der Waals surface area contributed by atoms with Crippen molar-refractivity contribution in [3.05, 3.63) is 83.8 Å². The van der Waals surface area contributed by atoms with Crippen LogP contribution in [0.25, 0.3) is 0 Å². The van der Waals surface area contributed by atoms with Crippen molar-refractivity contribution < 1.29 is 19.5 Å². The number of carboxylic acids is 1. The van der Waals surface area contributed by atoms with E-state index < -0.39 is 36.0 Å². The number of aliphatic carboxylic acids is 1. The zero-order valence-electron chi connectivity index (χ0n) is 19.4. The Morgan fingerprint density at radius 1 is 0.972 bits per heavy atom. The molecule has 3 unspecified atom stereocenters. The van der Waals surface area contributed by atoms with Crippen molar-refractivity contribution in [2.45, 2.75) is 37.6 Å². The average molecular weight is 490 g/mol. The summed E-state index contributed by atoms with van der Waals surface area (Å²) in [4.78, 5) is 46.3. The molecule has 1 aromatic heterocycles. The van der Waals surface area contributed by atoms with Gasteiger partial charge in [0.2, 0.25) is 11.8 Å². The monoisotopic (exact) mass is 489 g/mol. The molecule has 0 saturated heterocycles. The molecule has 2 aromatic carbocycles. The van der Waals surface area contributed by atoms with Crippen LogP contribution in [0.3, 0.4) is 0 Å². The SMILES string of the molecule is NC1N=CNc2c1ncn2CC(=O)NC(Cc1ccccc1)C(=O)NC(Cc1ccccc1)C(=O)O. The van der Waals surface area contributed by atoms with Gasteiger partial charge in [0, 0.05) is 12.8 Å². The molecule has 0 saturated carbocycles. The number of carbonyl (C=O) groups excluding carboxylic acids is 2. The van der Waals surface area contributed by atoms with Gasteiger partial charge in [0.15, 0.2) is 0 Å². The summed E-state index contributed by atoms with van der Waals surface area (Å²) in [7, 11) is 0. The Morgan fingerprint density at radius 2 is 1.58 bits per heavy atom. The third kappa shape index (κ3) is 6.13. The molecule has 11 nitrogen and oxygen atoms in total. The predicted molar refractivity (Wildman–Crippen MR) is 133 cm³/mol. The maximum atomic E-state index is 13.2. The summed E-state index contributed by atoms with van der Waals surface area (Å²) in [6.07, 6.45) is 2.59. The zero-order valence-corrected chi connectivity index (χ0v) is 19.4. The summed E-state index contributed by atoms with van der Waals surface area (Å²) in [6, 6.07) is 16.1. The highest BCUT2D eigenvalue weighted by Crippen LogP contribution is 2.23. The number of amides is 2. The minimum Gasteiger partial charge on any atom is -0.480 e. The molecule has 0 spiro atoms. The quantitative estimate of drug-likeness (QED) is 0.282. The van der Waals surface area contributed by atoms with Crippen molar-refractivity contribution in [1.29, 1.82) is 0 Å². The minimum absolute atomic E-state index is 0.114. The van der Waals surface area contributed by atoms with Crippen LogP contribution in [0.4, 0.5) is 5.82 Å². The van der Waals surface area contributed by atoms with E-state index in [9.17, 15) is 19.5 Å². The fourth-order valence-corrected chi connectivity index (χ4v) is 3.92. The van der Waals surface area contributed by atoms with Crippen molar-refractivity contribution in [3.8, 4) is 0 Å². The van der Waals surface area contributed by atoms with Gasteiger partial charge in [0.1, 0.15) is 36.3 Å². The number of hydrogen-bond acceptors (Lipinski definition) is 7. The van der Waals surface area contributed by atoms with Gasteiger partial charge in [-0.25, -0.2) is 9.78 Å². The van der Waals surface area contributed by atoms with E-state index in [1.807, 2.05) is 36.4 Å². The first-order chi connectivity index (χ1) is 17.4. The number of hydrogen-bond donors (Lipinski definition) is 5. The normalized spacial score (nSPS) is 15.8. The van der Waals surface area contributed by atoms with Gasteiger partial charge < -0.3 is 31.4 Å². The number of rotatable bonds is 10. The first kappa shape index (κ1) is 24.6. The standard InChI is InChI=1S/C25H27N7O4/c26-22-21-23(28-14-27-22)32(15-29-21)13-20(33)30-18(11-16-7-3-1-4-8-16)24(34)31-19(25(35)36)12-17-9-5-2-6-10-17/h1-10,14-15,18-19,22H,11-13,26H2,(H,27,28)(H,30,33)(H,31,34)(H,35,36). The molecule has 1 aliphatic heterocycles. The Kier molecular flexibility index (Phi) is 7.71. The van der Waals surface area contributed by atoms with Crippen molar-refractivity contribution >= 4 is 29.9 Å². The fourth-order valence-electron chi connectivity index (χ4n) is 3.92. The number of imidazole rings is 1. The van der Waals surface area contributed by atoms with Crippen molar-refractivity contribution in [2.24, 2.45) is 10.7 Å². The maximum absolute atomic E-state index is 13.2. The zero-order chi connectivity index (χ0) is 25.5. The second-order valence-electron chi connectivity index (χ2n) is 8.37. The lowest BCUT2D eigenvalue weighted by Gasteiger charge is -2.22. The highest BCUT2D eigenvalue weighted by atomic mass is 16.4. The van der Waals surface area contributed by atoms with Crippen molar-refractivity contribution in [1.82, 2.24) is 20.2 Å². The number of carbonyl (C=O) groups is 3. The maximum Gasteiger partial charge on any atom is 0.326 e. The Labute approximate surface area is 207 Å². The van der Waals surface area contributed by atoms with Gasteiger partial charge in [0.25, 0.3) is 0 Å². The predicted octanol–water partition coefficient (Wildman–Crippen LogP) is 0.834. The summed E-state index contributed by atoms with van der Waals surface area (Å²) in [6.45, 7) is -0.124. The number of aromatic nitrogens is 2. The van der Waals surface area contributed by atoms with Crippen LogP contribution in [0.2, 0.25) is 0 Å². The Hall–Kier alpha value is -4.51. The smallest absolute Gasteiger partial charge is 0.326 e. The number of nitrogens with two attached hydrogens (primary N) is 1. The molecular weight excluding hydrogens is 462 g/mol. The minimum atomic E-state index is -1.16. The number of nitrogens with zero attached hydrogens (tertiary/aromatic N) is 3. The lowest BCUT2D eigenvalue weighted by atomic mass is 10.0. The van der Waals surface area contributed by atoms with E-state index in [1.165, 1.54) is 12.7 Å². The van der Waals surface area contributed by atoms with Crippen LogP contribution in [0.1, 0.15) is 23.0 Å². The number of nitrogens with one attached hydrogen (secondary N) is 3. The molecular formula is C25H27N7O4. The van der Waals surface area contributed by atoms with Crippen molar-refractivity contribution in [2.75, 3.05) is 5.32 Å². The van der Waals surface area contributed by atoms with Crippen LogP contribution in [-0.4, -0.2) is 50.9 Å². The molecule has 3 atom stereocenters. The number of carboxylic acid groups (broad SMARTS) is 1. The second kappa shape index (κ2) is 11.3. The summed E-state index contributed by atoms with van der Waals surface area (Å²) in [5, 5.41) is 18.0. The number of aliphatic imine (C=N–C) groups is 1. The molecule has 11 heteroatoms. The summed E-state index contributed by atoms with van der Waals surface area (Å²) >= 11 is 0. The number of benzene rings is 2. The van der Waals surface area contributed by atoms with Crippen LogP contribution in [0.15, 0.2) is 72.0 Å². The van der Waals surface area contributed by atoms with Crippen LogP contribution in [0, 0.1) is 0 Å². The lowest BCUT2D eigenvalue weighted by molar-refractivity contribution is -0.142. The molecule has 36 heavy (non-hydrogen) atoms. The highest BCUT2D eigenvalue weighted by Gasteiger charge is 2.28. The molecule has 6 N–H and O–H groups in total. The van der Waals surface area contributed by atoms with Gasteiger partial charge in [-0.15, -0.1) is 0 Å². The third-order valence-corrected chi connectivity index (χ3v) is 5.73. The van der Waals surface area contributed by atoms with Gasteiger partial charge in [0.05, 0.1) is 12.7 Å². The van der Waals surface area contributed by atoms with E-state index in [0.29, 0.717) is 11.5 Å². The highest BCUT2D eigenvalue weighted by molar-refractivity contribution is 5.91. The third-order valence-electron chi connectivity index (χ3n) is 5.73. The van der Waals surface area contributed by atoms with Crippen LogP contribution in [-0.2, 0) is 33.8 Å². The largest absolute Gasteiger partial charge is 0.480 e. The summed E-state index contributed by atoms with van der Waals surface area (Å²) in [5.74, 6) is -1.65. The summed E-state index contributed by atoms with van der Waals surface area (Å²) in [5.41, 5.74) is 8.00. The van der Waals surface area contributed by atoms with Crippen LogP contribution >= 0.6 is 0 Å². The molecule has 0 aliphatic carbocycles. The first-order valence-corrected chi connectivity index (χ1v) is 11.4. The van der Waals surface area contributed by atoms with E-state index in [0.717, 1.165) is 11.1 Å². The van der Waals surface area contributed by atoms with E-state index in [-0.39, 0.29) is 19.4 Å². The first-order valence-electron chi connectivity index (χ1n) is 11.4. The molecule has 0 bridgehead atoms. The molecule has 2 amide bonds. The molecule has 4 rings (SSSR count). The Balaban J connectivity index is 1.48. The van der Waals surface area contributed by atoms with Gasteiger partial charge >= 0.3 is 5.97 Å². The lowest BCUT2D eigenvalue weighted by Crippen LogP contribution is -2.53. The second-order valence-corrected chi connectivity index (χ2v) is 8.37. The van der Waals surface area contributed by atoms with E-state index in [1.54, 1.807) is 28.8 Å². The topological polar surface area (TPSA) is 164 Å². The van der Waals surface area contributed by atoms with Crippen LogP contribution in [0.5, 0.6) is 0 Å². The fraction of sp³-hybridized carbons (Fsp3) is 0.240. The van der Waals surface area contributed by atoms with Gasteiger partial charge in [-0.2, -0.15) is 0 Å². The average Bonchev–Trinajstić information content (AvgIpc) is 3.28. The van der Waals surface area contributed by atoms with E-state index in [2.05, 4.69) is 25.9 Å². The molecule has 2 heterocycles. The number of fused-ring (bicyclic) bond motifs is 1. The van der Waals surface area contributed by atoms with Gasteiger partial charge in [-0.1, -0.05) is 60.7 Å². The molecule has 186 valence electrons.